The van der Waals surface area contributed by atoms with E-state index in [9.17, 15) is 9.59 Å². The third kappa shape index (κ3) is 4.70. The van der Waals surface area contributed by atoms with Crippen LogP contribution in [0.25, 0.3) is 0 Å². The summed E-state index contributed by atoms with van der Waals surface area (Å²) in [5.74, 6) is 1.05. The van der Waals surface area contributed by atoms with Crippen LogP contribution in [0.4, 0.5) is 5.82 Å². The predicted octanol–water partition coefficient (Wildman–Crippen LogP) is 0.544. The van der Waals surface area contributed by atoms with Gasteiger partial charge in [-0.1, -0.05) is 6.07 Å². The van der Waals surface area contributed by atoms with Crippen molar-refractivity contribution in [3.05, 3.63) is 48.9 Å². The molecule has 9 heteroatoms. The van der Waals surface area contributed by atoms with Crippen molar-refractivity contribution in [2.75, 3.05) is 37.6 Å². The lowest BCUT2D eigenvalue weighted by Crippen LogP contribution is -2.47. The van der Waals surface area contributed by atoms with Crippen molar-refractivity contribution >= 4 is 28.4 Å². The summed E-state index contributed by atoms with van der Waals surface area (Å²) in [7, 11) is 1.48. The number of piperazine rings is 1. The van der Waals surface area contributed by atoms with Gasteiger partial charge in [0.2, 0.25) is 0 Å². The highest BCUT2D eigenvalue weighted by atomic mass is 124. The topological polar surface area (TPSA) is 76.3 Å². The van der Waals surface area contributed by atoms with E-state index in [2.05, 4.69) is 48.5 Å². The minimum absolute atomic E-state index is 0.351. The van der Waals surface area contributed by atoms with Gasteiger partial charge in [-0.25, -0.2) is 14.5 Å². The lowest BCUT2D eigenvalue weighted by molar-refractivity contribution is 0.249. The second-order valence-electron chi connectivity index (χ2n) is 6.40. The fourth-order valence-corrected chi connectivity index (χ4v) is 3.50. The molecule has 8 nitrogen and oxygen atoms in total. The molecule has 2 aromatic heterocycles. The van der Waals surface area contributed by atoms with Gasteiger partial charge in [-0.15, -0.1) is 0 Å². The van der Waals surface area contributed by atoms with Crippen LogP contribution in [0.1, 0.15) is 12.8 Å². The van der Waals surface area contributed by atoms with Crippen LogP contribution >= 0.6 is 22.6 Å². The molecule has 0 aliphatic carbocycles. The van der Waals surface area contributed by atoms with Crippen LogP contribution in [0, 0.1) is 3.70 Å². The highest BCUT2D eigenvalue weighted by Gasteiger charge is 2.17. The molecule has 0 aromatic carbocycles. The van der Waals surface area contributed by atoms with E-state index >= 15 is 0 Å². The maximum absolute atomic E-state index is 11.9. The SMILES string of the molecule is Cn1c(=O)cnn(CCCCN2CCN(c3cccc([124I])n3)CC2)c1=O. The molecule has 3 rings (SSSR count). The summed E-state index contributed by atoms with van der Waals surface area (Å²) in [6, 6.07) is 6.12. The van der Waals surface area contributed by atoms with Crippen molar-refractivity contribution in [1.82, 2.24) is 24.2 Å². The maximum atomic E-state index is 11.9. The number of hydrogen-bond acceptors (Lipinski definition) is 6. The molecule has 0 saturated carbocycles. The number of anilines is 1. The van der Waals surface area contributed by atoms with Crippen molar-refractivity contribution in [3.63, 3.8) is 0 Å². The summed E-state index contributed by atoms with van der Waals surface area (Å²) in [6.07, 6.45) is 3.06. The molecule has 0 amide bonds. The lowest BCUT2D eigenvalue weighted by Gasteiger charge is -2.35. The number of aryl methyl sites for hydroxylation is 1. The molecule has 0 radical (unpaired) electrons. The number of aromatic nitrogens is 4. The highest BCUT2D eigenvalue weighted by molar-refractivity contribution is 14.1. The molecule has 140 valence electrons. The Bertz CT molecular complexity index is 857. The molecule has 0 N–H and O–H groups in total. The van der Waals surface area contributed by atoms with E-state index in [0.29, 0.717) is 6.54 Å². The Morgan fingerprint density at radius 3 is 2.54 bits per heavy atom. The Labute approximate surface area is 165 Å². The molecule has 3 heterocycles. The van der Waals surface area contributed by atoms with Crippen LogP contribution in [0.3, 0.4) is 0 Å². The number of pyridine rings is 1. The Hall–Kier alpha value is -1.75. The molecule has 1 saturated heterocycles. The number of unbranched alkanes of at least 4 members (excludes halogenated alkanes) is 1. The lowest BCUT2D eigenvalue weighted by atomic mass is 10.2. The first-order valence-corrected chi connectivity index (χ1v) is 9.85. The zero-order valence-corrected chi connectivity index (χ0v) is 17.0. The van der Waals surface area contributed by atoms with Crippen molar-refractivity contribution in [2.24, 2.45) is 7.05 Å². The third-order valence-corrected chi connectivity index (χ3v) is 5.24. The predicted molar refractivity (Wildman–Crippen MR) is 109 cm³/mol. The second-order valence-corrected chi connectivity index (χ2v) is 7.51. The summed E-state index contributed by atoms with van der Waals surface area (Å²) >= 11 is 2.24. The molecule has 0 bridgehead atoms. The highest BCUT2D eigenvalue weighted by Crippen LogP contribution is 2.15. The fourth-order valence-electron chi connectivity index (χ4n) is 3.05. The summed E-state index contributed by atoms with van der Waals surface area (Å²) < 4.78 is 3.47. The summed E-state index contributed by atoms with van der Waals surface area (Å²) in [5.41, 5.74) is -0.720. The molecule has 1 aliphatic rings. The van der Waals surface area contributed by atoms with E-state index in [4.69, 9.17) is 0 Å². The van der Waals surface area contributed by atoms with Gasteiger partial charge < -0.3 is 4.90 Å². The summed E-state index contributed by atoms with van der Waals surface area (Å²) in [6.45, 7) is 5.55. The van der Waals surface area contributed by atoms with Gasteiger partial charge in [0.25, 0.3) is 5.56 Å². The average molecular weight is 467 g/mol. The minimum atomic E-state index is -0.369. The summed E-state index contributed by atoms with van der Waals surface area (Å²) in [5, 5.41) is 3.92. The van der Waals surface area contributed by atoms with E-state index in [1.54, 1.807) is 0 Å². The van der Waals surface area contributed by atoms with Crippen molar-refractivity contribution in [1.29, 1.82) is 0 Å². The van der Waals surface area contributed by atoms with Crippen LogP contribution in [-0.2, 0) is 13.6 Å². The second kappa shape index (κ2) is 8.76. The molecule has 1 aliphatic heterocycles. The van der Waals surface area contributed by atoms with Crippen LogP contribution in [0.15, 0.2) is 34.0 Å². The van der Waals surface area contributed by atoms with Gasteiger partial charge >= 0.3 is 5.69 Å². The normalized spacial score (nSPS) is 15.4. The third-order valence-electron chi connectivity index (χ3n) is 4.64. The molecule has 0 atom stereocenters. The van der Waals surface area contributed by atoms with Crippen molar-refractivity contribution in [2.45, 2.75) is 19.4 Å². The smallest absolute Gasteiger partial charge is 0.347 e. The number of rotatable bonds is 6. The molecule has 0 unspecified atom stereocenters. The molecular weight excluding hydrogens is 444 g/mol. The van der Waals surface area contributed by atoms with Gasteiger partial charge in [0.1, 0.15) is 15.7 Å². The molecule has 0 spiro atoms. The average Bonchev–Trinajstić information content (AvgIpc) is 2.65. The van der Waals surface area contributed by atoms with E-state index < -0.39 is 0 Å². The quantitative estimate of drug-likeness (QED) is 0.351. The molecule has 2 aromatic rings. The van der Waals surface area contributed by atoms with Gasteiger partial charge in [-0.3, -0.25) is 14.3 Å². The van der Waals surface area contributed by atoms with Crippen molar-refractivity contribution < 1.29 is 0 Å². The van der Waals surface area contributed by atoms with Crippen LogP contribution in [0.2, 0.25) is 0 Å². The number of nitrogens with zero attached hydrogens (tertiary/aromatic N) is 6. The standard InChI is InChI=1S/C17H23IN6O2/c1-21-16(25)13-19-24(17(21)26)8-3-2-7-22-9-11-23(12-10-22)15-6-4-5-14(18)20-15/h4-6,13H,2-3,7-12H2,1H3/i18-3. The fraction of sp³-hybridized carbons (Fsp3) is 0.529. The number of halogens is 1. The Kier molecular flexibility index (Phi) is 6.41. The van der Waals surface area contributed by atoms with Crippen LogP contribution < -0.4 is 16.1 Å². The zero-order chi connectivity index (χ0) is 18.5. The minimum Gasteiger partial charge on any atom is -0.354 e. The van der Waals surface area contributed by atoms with Crippen LogP contribution in [0.5, 0.6) is 0 Å². The summed E-state index contributed by atoms with van der Waals surface area (Å²) in [4.78, 5) is 32.6. The first-order valence-electron chi connectivity index (χ1n) is 8.77. The van der Waals surface area contributed by atoms with Crippen LogP contribution in [-0.4, -0.2) is 57.0 Å². The van der Waals surface area contributed by atoms with Gasteiger partial charge in [-0.2, -0.15) is 5.10 Å². The van der Waals surface area contributed by atoms with Gasteiger partial charge in [0.05, 0.1) is 0 Å². The van der Waals surface area contributed by atoms with Gasteiger partial charge in [0, 0.05) is 39.8 Å². The van der Waals surface area contributed by atoms with Gasteiger partial charge in [-0.05, 0) is 54.1 Å². The molecule has 1 fully saturated rings. The van der Waals surface area contributed by atoms with E-state index in [1.165, 1.54) is 17.9 Å². The largest absolute Gasteiger partial charge is 0.354 e. The van der Waals surface area contributed by atoms with Gasteiger partial charge in [0.15, 0.2) is 0 Å². The van der Waals surface area contributed by atoms with E-state index in [0.717, 1.165) is 59.7 Å². The Balaban J connectivity index is 1.41. The first-order chi connectivity index (χ1) is 12.5. The monoisotopic (exact) mass is 467 g/mol. The molecular formula is C17H23IN6O2. The van der Waals surface area contributed by atoms with E-state index in [1.807, 2.05) is 12.1 Å². The Morgan fingerprint density at radius 1 is 1.08 bits per heavy atom. The first kappa shape index (κ1) is 19.0. The van der Waals surface area contributed by atoms with E-state index in [-0.39, 0.29) is 11.2 Å². The molecule has 26 heavy (non-hydrogen) atoms. The van der Waals surface area contributed by atoms with Crippen molar-refractivity contribution in [3.8, 4) is 0 Å². The zero-order valence-electron chi connectivity index (χ0n) is 14.8. The number of hydrogen-bond donors (Lipinski definition) is 0. The maximum Gasteiger partial charge on any atom is 0.347 e. The Morgan fingerprint density at radius 2 is 1.81 bits per heavy atom.